The van der Waals surface area contributed by atoms with Crippen LogP contribution in [0.5, 0.6) is 0 Å². The largest absolute Gasteiger partial charge is 0.387 e. The summed E-state index contributed by atoms with van der Waals surface area (Å²) < 4.78 is 13.7. The van der Waals surface area contributed by atoms with Crippen LogP contribution in [0.15, 0.2) is 24.3 Å². The molecule has 0 aromatic heterocycles. The molecule has 1 aromatic carbocycles. The lowest BCUT2D eigenvalue weighted by atomic mass is 10.1. The van der Waals surface area contributed by atoms with E-state index in [1.54, 1.807) is 18.2 Å². The molecule has 0 radical (unpaired) electrons. The number of benzene rings is 1. The average molecular weight is 285 g/mol. The summed E-state index contributed by atoms with van der Waals surface area (Å²) in [7, 11) is 0. The average Bonchev–Trinajstić information content (AvgIpc) is 2.33. The topological polar surface area (TPSA) is 32.3 Å². The molecule has 108 valence electrons. The van der Waals surface area contributed by atoms with Crippen molar-refractivity contribution in [1.29, 1.82) is 0 Å². The monoisotopic (exact) mass is 285 g/mol. The van der Waals surface area contributed by atoms with E-state index < -0.39 is 6.10 Å². The molecule has 0 saturated heterocycles. The van der Waals surface area contributed by atoms with Crippen LogP contribution in [-0.2, 0) is 0 Å². The first kappa shape index (κ1) is 16.5. The molecule has 0 amide bonds. The van der Waals surface area contributed by atoms with Gasteiger partial charge in [0.25, 0.3) is 0 Å². The Balaban J connectivity index is 2.38. The number of nitrogens with one attached hydrogen (secondary N) is 1. The van der Waals surface area contributed by atoms with E-state index >= 15 is 0 Å². The molecule has 1 rings (SSSR count). The Morgan fingerprint density at radius 3 is 2.53 bits per heavy atom. The number of rotatable bonds is 6. The van der Waals surface area contributed by atoms with Crippen LogP contribution in [0.4, 0.5) is 4.39 Å². The third-order valence-corrected chi connectivity index (χ3v) is 4.22. The van der Waals surface area contributed by atoms with Gasteiger partial charge in [0.05, 0.1) is 6.10 Å². The maximum absolute atomic E-state index is 13.5. The number of aliphatic hydroxyl groups is 1. The third kappa shape index (κ3) is 6.41. The highest BCUT2D eigenvalue weighted by Gasteiger charge is 2.15. The highest BCUT2D eigenvalue weighted by Crippen LogP contribution is 2.23. The molecule has 0 heterocycles. The van der Waals surface area contributed by atoms with E-state index in [0.717, 1.165) is 5.75 Å². The molecule has 0 fully saturated rings. The van der Waals surface area contributed by atoms with Crippen LogP contribution < -0.4 is 5.32 Å². The Morgan fingerprint density at radius 1 is 1.32 bits per heavy atom. The fourth-order valence-electron chi connectivity index (χ4n) is 1.60. The van der Waals surface area contributed by atoms with Gasteiger partial charge in [-0.05, 0) is 13.0 Å². The van der Waals surface area contributed by atoms with Gasteiger partial charge >= 0.3 is 0 Å². The Bertz CT molecular complexity index is 392. The minimum atomic E-state index is -0.803. The van der Waals surface area contributed by atoms with Crippen molar-refractivity contribution in [2.45, 2.75) is 44.6 Å². The molecule has 0 aliphatic rings. The minimum absolute atomic E-state index is 0.236. The van der Waals surface area contributed by atoms with Crippen molar-refractivity contribution in [3.8, 4) is 0 Å². The zero-order valence-electron chi connectivity index (χ0n) is 12.1. The Labute approximate surface area is 119 Å². The van der Waals surface area contributed by atoms with E-state index in [4.69, 9.17) is 0 Å². The molecule has 0 aliphatic heterocycles. The summed E-state index contributed by atoms with van der Waals surface area (Å²) in [5, 5.41) is 13.2. The van der Waals surface area contributed by atoms with Gasteiger partial charge in [-0.15, -0.1) is 0 Å². The molecular weight excluding hydrogens is 261 g/mol. The number of aliphatic hydroxyl groups excluding tert-OH is 1. The number of hydrogen-bond acceptors (Lipinski definition) is 3. The van der Waals surface area contributed by atoms with Crippen LogP contribution in [0.25, 0.3) is 0 Å². The summed E-state index contributed by atoms with van der Waals surface area (Å²) >= 11 is 1.87. The standard InChI is InChI=1S/C15H24FNOS/c1-11(10-19-15(2,3)4)17-9-14(18)12-7-5-6-8-13(12)16/h5-8,11,14,17-18H,9-10H2,1-4H3. The van der Waals surface area contributed by atoms with Gasteiger partial charge in [0.1, 0.15) is 5.82 Å². The van der Waals surface area contributed by atoms with Gasteiger partial charge in [-0.2, -0.15) is 11.8 Å². The maximum atomic E-state index is 13.5. The molecule has 2 N–H and O–H groups in total. The summed E-state index contributed by atoms with van der Waals surface area (Å²) in [6.07, 6.45) is -0.803. The van der Waals surface area contributed by atoms with Crippen LogP contribution in [-0.4, -0.2) is 28.2 Å². The summed E-state index contributed by atoms with van der Waals surface area (Å²) in [6, 6.07) is 6.64. The Kier molecular flexibility index (Phi) is 6.30. The zero-order chi connectivity index (χ0) is 14.5. The zero-order valence-corrected chi connectivity index (χ0v) is 12.9. The Hall–Kier alpha value is -0.580. The maximum Gasteiger partial charge on any atom is 0.129 e. The molecule has 1 aromatic rings. The number of halogens is 1. The van der Waals surface area contributed by atoms with Crippen LogP contribution in [0, 0.1) is 5.82 Å². The second-order valence-electron chi connectivity index (χ2n) is 5.77. The molecule has 0 bridgehead atoms. The van der Waals surface area contributed by atoms with Gasteiger partial charge in [0.2, 0.25) is 0 Å². The quantitative estimate of drug-likeness (QED) is 0.840. The van der Waals surface area contributed by atoms with Crippen LogP contribution in [0.2, 0.25) is 0 Å². The van der Waals surface area contributed by atoms with Gasteiger partial charge in [-0.3, -0.25) is 0 Å². The summed E-state index contributed by atoms with van der Waals surface area (Å²) in [4.78, 5) is 0. The summed E-state index contributed by atoms with van der Waals surface area (Å²) in [5.74, 6) is 0.613. The van der Waals surface area contributed by atoms with E-state index in [2.05, 4.69) is 33.0 Å². The van der Waals surface area contributed by atoms with Gasteiger partial charge in [0, 0.05) is 28.6 Å². The van der Waals surface area contributed by atoms with Crippen LogP contribution in [0.1, 0.15) is 39.4 Å². The van der Waals surface area contributed by atoms with E-state index in [-0.39, 0.29) is 16.6 Å². The van der Waals surface area contributed by atoms with Gasteiger partial charge < -0.3 is 10.4 Å². The van der Waals surface area contributed by atoms with E-state index in [9.17, 15) is 9.50 Å². The minimum Gasteiger partial charge on any atom is -0.387 e. The van der Waals surface area contributed by atoms with Crippen molar-refractivity contribution in [3.63, 3.8) is 0 Å². The van der Waals surface area contributed by atoms with E-state index in [1.807, 2.05) is 11.8 Å². The normalized spacial score (nSPS) is 15.3. The second-order valence-corrected chi connectivity index (χ2v) is 7.62. The summed E-state index contributed by atoms with van der Waals surface area (Å²) in [5.41, 5.74) is 0.352. The van der Waals surface area contributed by atoms with Crippen molar-refractivity contribution in [2.24, 2.45) is 0 Å². The van der Waals surface area contributed by atoms with Crippen molar-refractivity contribution in [1.82, 2.24) is 5.32 Å². The van der Waals surface area contributed by atoms with Crippen molar-refractivity contribution < 1.29 is 9.50 Å². The van der Waals surface area contributed by atoms with E-state index in [1.165, 1.54) is 6.07 Å². The molecule has 2 nitrogen and oxygen atoms in total. The molecular formula is C15H24FNOS. The lowest BCUT2D eigenvalue weighted by Gasteiger charge is -2.22. The molecule has 2 unspecified atom stereocenters. The van der Waals surface area contributed by atoms with Crippen molar-refractivity contribution >= 4 is 11.8 Å². The van der Waals surface area contributed by atoms with E-state index in [0.29, 0.717) is 12.1 Å². The van der Waals surface area contributed by atoms with Gasteiger partial charge in [-0.1, -0.05) is 39.0 Å². The highest BCUT2D eigenvalue weighted by molar-refractivity contribution is 8.00. The van der Waals surface area contributed by atoms with Crippen LogP contribution in [0.3, 0.4) is 0 Å². The Morgan fingerprint density at radius 2 is 1.95 bits per heavy atom. The molecule has 2 atom stereocenters. The predicted molar refractivity (Wildman–Crippen MR) is 81.0 cm³/mol. The smallest absolute Gasteiger partial charge is 0.129 e. The first-order valence-electron chi connectivity index (χ1n) is 6.59. The molecule has 4 heteroatoms. The molecule has 0 spiro atoms. The number of thioether (sulfide) groups is 1. The second kappa shape index (κ2) is 7.27. The molecule has 19 heavy (non-hydrogen) atoms. The third-order valence-electron chi connectivity index (χ3n) is 2.69. The highest BCUT2D eigenvalue weighted by atomic mass is 32.2. The fourth-order valence-corrected chi connectivity index (χ4v) is 2.47. The predicted octanol–water partition coefficient (Wildman–Crippen LogP) is 3.37. The lowest BCUT2D eigenvalue weighted by molar-refractivity contribution is 0.167. The van der Waals surface area contributed by atoms with Gasteiger partial charge in [0.15, 0.2) is 0 Å². The van der Waals surface area contributed by atoms with Crippen LogP contribution >= 0.6 is 11.8 Å². The summed E-state index contributed by atoms with van der Waals surface area (Å²) in [6.45, 7) is 8.98. The van der Waals surface area contributed by atoms with Gasteiger partial charge in [-0.25, -0.2) is 4.39 Å². The fraction of sp³-hybridized carbons (Fsp3) is 0.600. The SMILES string of the molecule is CC(CSC(C)(C)C)NCC(O)c1ccccc1F. The van der Waals surface area contributed by atoms with Crippen molar-refractivity contribution in [3.05, 3.63) is 35.6 Å². The first-order valence-corrected chi connectivity index (χ1v) is 7.58. The lowest BCUT2D eigenvalue weighted by Crippen LogP contribution is -2.33. The molecule has 0 aliphatic carbocycles. The van der Waals surface area contributed by atoms with Crippen molar-refractivity contribution in [2.75, 3.05) is 12.3 Å². The first-order chi connectivity index (χ1) is 8.79. The molecule has 0 saturated carbocycles. The number of hydrogen-bond donors (Lipinski definition) is 2.